The lowest BCUT2D eigenvalue weighted by atomic mass is 10.0. The summed E-state index contributed by atoms with van der Waals surface area (Å²) in [6.45, 7) is 6.68. The van der Waals surface area contributed by atoms with Gasteiger partial charge in [-0.25, -0.2) is 4.68 Å². The Balaban J connectivity index is 1.34. The molecule has 0 radical (unpaired) electrons. The molecule has 0 saturated carbocycles. The fourth-order valence-electron chi connectivity index (χ4n) is 3.59. The van der Waals surface area contributed by atoms with Crippen molar-refractivity contribution in [2.45, 2.75) is 45.3 Å². The number of amides is 1. The van der Waals surface area contributed by atoms with Crippen molar-refractivity contribution in [3.8, 4) is 11.3 Å². The summed E-state index contributed by atoms with van der Waals surface area (Å²) in [5, 5.41) is 19.4. The van der Waals surface area contributed by atoms with Gasteiger partial charge in [-0.3, -0.25) is 9.89 Å². The Hall–Kier alpha value is -2.74. The van der Waals surface area contributed by atoms with Crippen LogP contribution in [0.2, 0.25) is 0 Å². The lowest BCUT2D eigenvalue weighted by molar-refractivity contribution is -0.122. The van der Waals surface area contributed by atoms with E-state index in [0.717, 1.165) is 48.1 Å². The van der Waals surface area contributed by atoms with Crippen LogP contribution >= 0.6 is 0 Å². The van der Waals surface area contributed by atoms with Gasteiger partial charge in [0, 0.05) is 36.1 Å². The third-order valence-electron chi connectivity index (χ3n) is 5.21. The maximum absolute atomic E-state index is 12.4. The average molecular weight is 367 g/mol. The van der Waals surface area contributed by atoms with Gasteiger partial charge in [0.25, 0.3) is 0 Å². The number of rotatable bonds is 5. The van der Waals surface area contributed by atoms with Gasteiger partial charge in [0.15, 0.2) is 0 Å². The van der Waals surface area contributed by atoms with E-state index in [2.05, 4.69) is 44.6 Å². The van der Waals surface area contributed by atoms with E-state index in [-0.39, 0.29) is 18.5 Å². The first-order chi connectivity index (χ1) is 13.1. The number of nitrogens with zero attached hydrogens (tertiary/aromatic N) is 5. The summed E-state index contributed by atoms with van der Waals surface area (Å²) in [6.07, 6.45) is 5.58. The van der Waals surface area contributed by atoms with E-state index < -0.39 is 0 Å². The van der Waals surface area contributed by atoms with Crippen LogP contribution in [0.4, 0.5) is 0 Å². The molecule has 1 aliphatic heterocycles. The molecule has 1 saturated heterocycles. The monoisotopic (exact) mass is 367 g/mol. The number of aromatic amines is 1. The number of H-pyrrole nitrogens is 1. The molecule has 0 atom stereocenters. The molecule has 3 aromatic rings. The van der Waals surface area contributed by atoms with Crippen molar-refractivity contribution in [3.05, 3.63) is 30.6 Å². The second kappa shape index (κ2) is 7.48. The Labute approximate surface area is 157 Å². The number of carbonyl (C=O) groups excluding carboxylic acids is 1. The van der Waals surface area contributed by atoms with Crippen molar-refractivity contribution in [1.82, 2.24) is 35.4 Å². The van der Waals surface area contributed by atoms with Gasteiger partial charge in [0.2, 0.25) is 5.91 Å². The number of piperidine rings is 1. The summed E-state index contributed by atoms with van der Waals surface area (Å²) < 4.78 is 1.59. The van der Waals surface area contributed by atoms with E-state index in [1.807, 2.05) is 24.4 Å². The minimum atomic E-state index is -0.0141. The Morgan fingerprint density at radius 1 is 1.33 bits per heavy atom. The Bertz CT molecular complexity index is 921. The zero-order valence-corrected chi connectivity index (χ0v) is 15.7. The molecule has 27 heavy (non-hydrogen) atoms. The molecule has 142 valence electrons. The quantitative estimate of drug-likeness (QED) is 0.718. The van der Waals surface area contributed by atoms with Crippen LogP contribution in [0.3, 0.4) is 0 Å². The summed E-state index contributed by atoms with van der Waals surface area (Å²) in [5.74, 6) is -0.0141. The van der Waals surface area contributed by atoms with Gasteiger partial charge in [0.05, 0.1) is 17.9 Å². The molecule has 0 aliphatic carbocycles. The fourth-order valence-corrected chi connectivity index (χ4v) is 3.59. The number of benzene rings is 1. The summed E-state index contributed by atoms with van der Waals surface area (Å²) >= 11 is 0. The highest BCUT2D eigenvalue weighted by atomic mass is 16.2. The zero-order valence-electron chi connectivity index (χ0n) is 15.7. The molecule has 1 amide bonds. The molecular weight excluding hydrogens is 342 g/mol. The zero-order chi connectivity index (χ0) is 18.8. The van der Waals surface area contributed by atoms with E-state index in [4.69, 9.17) is 0 Å². The van der Waals surface area contributed by atoms with Crippen LogP contribution in [0.15, 0.2) is 30.6 Å². The molecule has 3 heterocycles. The fraction of sp³-hybridized carbons (Fsp3) is 0.474. The minimum absolute atomic E-state index is 0.0141. The van der Waals surface area contributed by atoms with Crippen LogP contribution in [0.25, 0.3) is 22.2 Å². The van der Waals surface area contributed by atoms with Crippen molar-refractivity contribution in [2.24, 2.45) is 0 Å². The van der Waals surface area contributed by atoms with Crippen LogP contribution < -0.4 is 5.32 Å². The first-order valence-electron chi connectivity index (χ1n) is 9.45. The number of hydrogen-bond acceptors (Lipinski definition) is 5. The predicted octanol–water partition coefficient (Wildman–Crippen LogP) is 1.81. The first kappa shape index (κ1) is 17.7. The lowest BCUT2D eigenvalue weighted by Crippen LogP contribution is -2.47. The maximum Gasteiger partial charge on any atom is 0.242 e. The normalized spacial score (nSPS) is 16.3. The van der Waals surface area contributed by atoms with Gasteiger partial charge in [-0.15, -0.1) is 5.10 Å². The molecule has 1 aliphatic rings. The van der Waals surface area contributed by atoms with Crippen molar-refractivity contribution in [3.63, 3.8) is 0 Å². The third-order valence-corrected chi connectivity index (χ3v) is 5.21. The SMILES string of the molecule is CC(C)N1CCC(NC(=O)Cn2cc(-c3ccc4[nH]ncc4c3)nn2)CC1. The molecule has 8 heteroatoms. The van der Waals surface area contributed by atoms with Crippen LogP contribution in [-0.4, -0.2) is 61.2 Å². The Morgan fingerprint density at radius 3 is 2.93 bits per heavy atom. The highest BCUT2D eigenvalue weighted by Crippen LogP contribution is 2.21. The molecule has 0 bridgehead atoms. The van der Waals surface area contributed by atoms with E-state index in [1.54, 1.807) is 10.9 Å². The van der Waals surface area contributed by atoms with E-state index in [9.17, 15) is 4.79 Å². The number of likely N-dealkylation sites (tertiary alicyclic amines) is 1. The van der Waals surface area contributed by atoms with Crippen LogP contribution in [0.1, 0.15) is 26.7 Å². The van der Waals surface area contributed by atoms with Crippen LogP contribution in [0, 0.1) is 0 Å². The van der Waals surface area contributed by atoms with E-state index in [1.165, 1.54) is 0 Å². The molecule has 2 N–H and O–H groups in total. The third kappa shape index (κ3) is 4.00. The molecule has 0 unspecified atom stereocenters. The number of carbonyl (C=O) groups is 1. The largest absolute Gasteiger partial charge is 0.352 e. The summed E-state index contributed by atoms with van der Waals surface area (Å²) in [7, 11) is 0. The maximum atomic E-state index is 12.4. The number of fused-ring (bicyclic) bond motifs is 1. The van der Waals surface area contributed by atoms with Gasteiger partial charge in [-0.05, 0) is 38.8 Å². The van der Waals surface area contributed by atoms with Crippen LogP contribution in [-0.2, 0) is 11.3 Å². The standard InChI is InChI=1S/C19H25N7O/c1-13(2)25-7-5-16(6-8-25)21-19(27)12-26-11-18(23-24-26)14-3-4-17-15(9-14)10-20-22-17/h3-4,9-11,13,16H,5-8,12H2,1-2H3,(H,20,22)(H,21,27). The van der Waals surface area contributed by atoms with Gasteiger partial charge >= 0.3 is 0 Å². The molecule has 4 rings (SSSR count). The number of hydrogen-bond donors (Lipinski definition) is 2. The number of nitrogens with one attached hydrogen (secondary N) is 2. The first-order valence-corrected chi connectivity index (χ1v) is 9.45. The highest BCUT2D eigenvalue weighted by molar-refractivity contribution is 5.83. The number of aromatic nitrogens is 5. The lowest BCUT2D eigenvalue weighted by Gasteiger charge is -2.34. The van der Waals surface area contributed by atoms with Gasteiger partial charge in [-0.1, -0.05) is 11.3 Å². The van der Waals surface area contributed by atoms with Gasteiger partial charge < -0.3 is 10.2 Å². The van der Waals surface area contributed by atoms with Crippen molar-refractivity contribution >= 4 is 16.8 Å². The van der Waals surface area contributed by atoms with Crippen LogP contribution in [0.5, 0.6) is 0 Å². The topological polar surface area (TPSA) is 91.7 Å². The van der Waals surface area contributed by atoms with Crippen molar-refractivity contribution < 1.29 is 4.79 Å². The van der Waals surface area contributed by atoms with Crippen molar-refractivity contribution in [1.29, 1.82) is 0 Å². The highest BCUT2D eigenvalue weighted by Gasteiger charge is 2.22. The Morgan fingerprint density at radius 2 is 2.15 bits per heavy atom. The van der Waals surface area contributed by atoms with Gasteiger partial charge in [0.1, 0.15) is 12.2 Å². The average Bonchev–Trinajstić information content (AvgIpc) is 3.30. The predicted molar refractivity (Wildman–Crippen MR) is 103 cm³/mol. The summed E-state index contributed by atoms with van der Waals surface area (Å²) in [6, 6.07) is 6.76. The molecule has 8 nitrogen and oxygen atoms in total. The second-order valence-electron chi connectivity index (χ2n) is 7.44. The summed E-state index contributed by atoms with van der Waals surface area (Å²) in [4.78, 5) is 14.8. The summed E-state index contributed by atoms with van der Waals surface area (Å²) in [5.41, 5.74) is 2.68. The molecule has 0 spiro atoms. The van der Waals surface area contributed by atoms with Gasteiger partial charge in [-0.2, -0.15) is 5.10 Å². The minimum Gasteiger partial charge on any atom is -0.352 e. The molecular formula is C19H25N7O. The smallest absolute Gasteiger partial charge is 0.242 e. The van der Waals surface area contributed by atoms with Crippen molar-refractivity contribution in [2.75, 3.05) is 13.1 Å². The molecule has 2 aromatic heterocycles. The Kier molecular flexibility index (Phi) is 4.89. The van der Waals surface area contributed by atoms with E-state index in [0.29, 0.717) is 6.04 Å². The van der Waals surface area contributed by atoms with E-state index >= 15 is 0 Å². The molecule has 1 aromatic carbocycles. The molecule has 1 fully saturated rings. The second-order valence-corrected chi connectivity index (χ2v) is 7.44.